The predicted octanol–water partition coefficient (Wildman–Crippen LogP) is 4.13. The average molecular weight is 391 g/mol. The fraction of sp³-hybridized carbons (Fsp3) is 0.211. The minimum Gasteiger partial charge on any atom is -0.347 e. The molecule has 1 N–H and O–H groups in total. The van der Waals surface area contributed by atoms with Gasteiger partial charge in [0.25, 0.3) is 5.91 Å². The third-order valence-electron chi connectivity index (χ3n) is 3.95. The summed E-state index contributed by atoms with van der Waals surface area (Å²) in [5.41, 5.74) is 1.03. The van der Waals surface area contributed by atoms with Crippen molar-refractivity contribution in [2.24, 2.45) is 0 Å². The number of benzene rings is 1. The maximum absolute atomic E-state index is 13.8. The van der Waals surface area contributed by atoms with Crippen molar-refractivity contribution in [3.63, 3.8) is 0 Å². The Morgan fingerprint density at radius 3 is 2.81 bits per heavy atom. The number of amides is 1. The van der Waals surface area contributed by atoms with Gasteiger partial charge in [0.05, 0.1) is 29.4 Å². The van der Waals surface area contributed by atoms with E-state index in [-0.39, 0.29) is 23.0 Å². The van der Waals surface area contributed by atoms with Gasteiger partial charge in [0, 0.05) is 17.8 Å². The summed E-state index contributed by atoms with van der Waals surface area (Å²) in [5.74, 6) is -2.39. The number of hydrogen-bond donors (Lipinski definition) is 1. The lowest BCUT2D eigenvalue weighted by Gasteiger charge is -2.19. The van der Waals surface area contributed by atoms with Crippen LogP contribution in [0.5, 0.6) is 0 Å². The van der Waals surface area contributed by atoms with Crippen LogP contribution in [-0.2, 0) is 6.54 Å². The molecule has 1 atom stereocenters. The molecular weight excluding hydrogens is 374 g/mol. The molecule has 8 heteroatoms. The number of pyridine rings is 1. The molecule has 140 valence electrons. The highest BCUT2D eigenvalue weighted by Crippen LogP contribution is 2.19. The van der Waals surface area contributed by atoms with Gasteiger partial charge in [0.1, 0.15) is 5.52 Å². The van der Waals surface area contributed by atoms with Gasteiger partial charge in [-0.05, 0) is 31.5 Å². The molecule has 0 fully saturated rings. The average Bonchev–Trinajstić information content (AvgIpc) is 3.02. The first-order valence-electron chi connectivity index (χ1n) is 8.20. The third kappa shape index (κ3) is 4.49. The monoisotopic (exact) mass is 390 g/mol. The van der Waals surface area contributed by atoms with Crippen LogP contribution in [0.1, 0.15) is 23.7 Å². The van der Waals surface area contributed by atoms with Crippen LogP contribution >= 0.6 is 11.6 Å². The number of rotatable bonds is 6. The first kappa shape index (κ1) is 19.0. The molecule has 2 aromatic heterocycles. The molecule has 0 saturated heterocycles. The third-order valence-corrected chi connectivity index (χ3v) is 4.14. The second-order valence-electron chi connectivity index (χ2n) is 6.37. The molecule has 0 aliphatic rings. The molecule has 3 rings (SSSR count). The van der Waals surface area contributed by atoms with Crippen molar-refractivity contribution >= 4 is 28.4 Å². The molecular formula is C19H17ClF2N4O. The van der Waals surface area contributed by atoms with Gasteiger partial charge in [-0.3, -0.25) is 14.5 Å². The van der Waals surface area contributed by atoms with Gasteiger partial charge in [-0.25, -0.2) is 8.78 Å². The highest BCUT2D eigenvalue weighted by molar-refractivity contribution is 6.30. The fourth-order valence-electron chi connectivity index (χ4n) is 2.78. The maximum Gasteiger partial charge on any atom is 0.253 e. The number of carbonyl (C=O) groups is 1. The van der Waals surface area contributed by atoms with E-state index in [0.29, 0.717) is 23.4 Å². The van der Waals surface area contributed by atoms with Crippen molar-refractivity contribution < 1.29 is 13.6 Å². The predicted molar refractivity (Wildman–Crippen MR) is 99.6 cm³/mol. The van der Waals surface area contributed by atoms with E-state index in [1.807, 2.05) is 6.92 Å². The molecule has 0 radical (unpaired) electrons. The number of nitrogens with one attached hydrogen (secondary N) is 1. The van der Waals surface area contributed by atoms with Gasteiger partial charge < -0.3 is 5.32 Å². The van der Waals surface area contributed by atoms with Crippen LogP contribution in [0.4, 0.5) is 8.78 Å². The Balaban J connectivity index is 1.81. The second kappa shape index (κ2) is 7.84. The molecule has 5 nitrogen and oxygen atoms in total. The van der Waals surface area contributed by atoms with Crippen molar-refractivity contribution in [1.82, 2.24) is 20.1 Å². The molecule has 0 saturated carbocycles. The Labute approximate surface area is 159 Å². The summed E-state index contributed by atoms with van der Waals surface area (Å²) in [4.78, 5) is 16.5. The van der Waals surface area contributed by atoms with Gasteiger partial charge in [0.2, 0.25) is 0 Å². The largest absolute Gasteiger partial charge is 0.347 e. The lowest BCUT2D eigenvalue weighted by molar-refractivity contribution is 0.0932. The van der Waals surface area contributed by atoms with Crippen molar-refractivity contribution in [3.8, 4) is 0 Å². The highest BCUT2D eigenvalue weighted by Gasteiger charge is 2.17. The van der Waals surface area contributed by atoms with Crippen LogP contribution in [0.15, 0.2) is 48.9 Å². The van der Waals surface area contributed by atoms with E-state index >= 15 is 0 Å². The molecule has 0 aliphatic carbocycles. The van der Waals surface area contributed by atoms with Gasteiger partial charge in [-0.2, -0.15) is 5.10 Å². The standard InChI is InChI=1S/C19H17ClF2N4O/c1-11(2)5-15(10-26-9-14(20)8-24-26)25-19(27)13-6-12-3-4-16(21)17(22)18(12)23-7-13/h3-4,6-9,15H,1,5,10H2,2H3,(H,25,27). The van der Waals surface area contributed by atoms with Crippen LogP contribution in [0.3, 0.4) is 0 Å². The number of hydrogen-bond acceptors (Lipinski definition) is 3. The van der Waals surface area contributed by atoms with Gasteiger partial charge >= 0.3 is 0 Å². The summed E-state index contributed by atoms with van der Waals surface area (Å²) < 4.78 is 28.7. The van der Waals surface area contributed by atoms with E-state index in [4.69, 9.17) is 11.6 Å². The van der Waals surface area contributed by atoms with Crippen molar-refractivity contribution in [3.05, 3.63) is 71.2 Å². The van der Waals surface area contributed by atoms with E-state index in [1.54, 1.807) is 10.9 Å². The molecule has 0 aliphatic heterocycles. The van der Waals surface area contributed by atoms with E-state index in [1.165, 1.54) is 24.5 Å². The topological polar surface area (TPSA) is 59.8 Å². The Hall–Kier alpha value is -2.80. The molecule has 0 bridgehead atoms. The maximum atomic E-state index is 13.8. The molecule has 3 aromatic rings. The van der Waals surface area contributed by atoms with Crippen LogP contribution in [-0.4, -0.2) is 26.7 Å². The van der Waals surface area contributed by atoms with Crippen LogP contribution in [0, 0.1) is 11.6 Å². The minimum atomic E-state index is -1.03. The summed E-state index contributed by atoms with van der Waals surface area (Å²) in [6, 6.07) is 3.59. The molecule has 27 heavy (non-hydrogen) atoms. The zero-order valence-electron chi connectivity index (χ0n) is 14.5. The number of nitrogens with zero attached hydrogens (tertiary/aromatic N) is 3. The minimum absolute atomic E-state index is 0.115. The lowest BCUT2D eigenvalue weighted by atomic mass is 10.1. The van der Waals surface area contributed by atoms with Crippen molar-refractivity contribution in [2.45, 2.75) is 25.9 Å². The lowest BCUT2D eigenvalue weighted by Crippen LogP contribution is -2.38. The smallest absolute Gasteiger partial charge is 0.253 e. The quantitative estimate of drug-likeness (QED) is 0.644. The number of halogens is 3. The molecule has 2 heterocycles. The molecule has 1 aromatic carbocycles. The van der Waals surface area contributed by atoms with E-state index in [9.17, 15) is 13.6 Å². The summed E-state index contributed by atoms with van der Waals surface area (Å²) in [6.45, 7) is 6.16. The first-order chi connectivity index (χ1) is 12.8. The van der Waals surface area contributed by atoms with Gasteiger partial charge in [-0.15, -0.1) is 6.58 Å². The Bertz CT molecular complexity index is 1020. The van der Waals surface area contributed by atoms with E-state index in [2.05, 4.69) is 22.0 Å². The number of fused-ring (bicyclic) bond motifs is 1. The molecule has 1 amide bonds. The highest BCUT2D eigenvalue weighted by atomic mass is 35.5. The van der Waals surface area contributed by atoms with Crippen LogP contribution in [0.25, 0.3) is 10.9 Å². The zero-order valence-corrected chi connectivity index (χ0v) is 15.3. The Morgan fingerprint density at radius 2 is 2.15 bits per heavy atom. The van der Waals surface area contributed by atoms with Gasteiger partial charge in [-0.1, -0.05) is 17.2 Å². The fourth-order valence-corrected chi connectivity index (χ4v) is 2.94. The molecule has 1 unspecified atom stereocenters. The Morgan fingerprint density at radius 1 is 1.37 bits per heavy atom. The summed E-state index contributed by atoms with van der Waals surface area (Å²) in [7, 11) is 0. The number of aromatic nitrogens is 3. The summed E-state index contributed by atoms with van der Waals surface area (Å²) in [6.07, 6.45) is 4.95. The molecule has 0 spiro atoms. The SMILES string of the molecule is C=C(C)CC(Cn1cc(Cl)cn1)NC(=O)c1cnc2c(F)c(F)ccc2c1. The second-order valence-corrected chi connectivity index (χ2v) is 6.81. The van der Waals surface area contributed by atoms with E-state index in [0.717, 1.165) is 11.6 Å². The Kier molecular flexibility index (Phi) is 5.51. The van der Waals surface area contributed by atoms with Crippen LogP contribution in [0.2, 0.25) is 5.02 Å². The van der Waals surface area contributed by atoms with Gasteiger partial charge in [0.15, 0.2) is 11.6 Å². The van der Waals surface area contributed by atoms with Crippen LogP contribution < -0.4 is 5.32 Å². The first-order valence-corrected chi connectivity index (χ1v) is 8.58. The number of carbonyl (C=O) groups excluding carboxylic acids is 1. The summed E-state index contributed by atoms with van der Waals surface area (Å²) >= 11 is 5.88. The summed E-state index contributed by atoms with van der Waals surface area (Å²) in [5, 5.41) is 7.87. The van der Waals surface area contributed by atoms with E-state index < -0.39 is 11.6 Å². The van der Waals surface area contributed by atoms with Crippen molar-refractivity contribution in [1.29, 1.82) is 0 Å². The normalized spacial score (nSPS) is 12.1. The van der Waals surface area contributed by atoms with Crippen molar-refractivity contribution in [2.75, 3.05) is 0 Å². The zero-order chi connectivity index (χ0) is 19.6.